The van der Waals surface area contributed by atoms with E-state index in [4.69, 9.17) is 0 Å². The zero-order chi connectivity index (χ0) is 22.9. The molecule has 164 valence electrons. The Bertz CT molecular complexity index is 1540. The number of rotatable bonds is 5. The summed E-state index contributed by atoms with van der Waals surface area (Å²) in [6.07, 6.45) is 1.38. The molecule has 9 heteroatoms. The minimum absolute atomic E-state index is 0.180. The average molecular weight is 477 g/mol. The number of hydrogen-bond donors (Lipinski definition) is 1. The molecule has 2 aromatic carbocycles. The topological polar surface area (TPSA) is 76.9 Å². The summed E-state index contributed by atoms with van der Waals surface area (Å²) in [6.45, 7) is 1.76. The lowest BCUT2D eigenvalue weighted by Crippen LogP contribution is -2.27. The number of nitrogens with zero attached hydrogens (tertiary/aromatic N) is 3. The van der Waals surface area contributed by atoms with Gasteiger partial charge in [-0.2, -0.15) is 0 Å². The predicted octanol–water partition coefficient (Wildman–Crippen LogP) is 5.33. The highest BCUT2D eigenvalue weighted by atomic mass is 32.1. The molecule has 0 fully saturated rings. The number of benzene rings is 2. The number of thiazole rings is 1. The van der Waals surface area contributed by atoms with Crippen LogP contribution < -0.4 is 10.9 Å². The van der Waals surface area contributed by atoms with Crippen LogP contribution in [-0.2, 0) is 11.3 Å². The van der Waals surface area contributed by atoms with Gasteiger partial charge in [-0.05, 0) is 36.8 Å². The third-order valence-corrected chi connectivity index (χ3v) is 6.75. The molecule has 0 bridgehead atoms. The van der Waals surface area contributed by atoms with Crippen LogP contribution in [-0.4, -0.2) is 20.4 Å². The van der Waals surface area contributed by atoms with Crippen LogP contribution in [0.4, 0.5) is 10.1 Å². The fourth-order valence-corrected chi connectivity index (χ4v) is 5.06. The molecule has 0 saturated carbocycles. The molecule has 0 atom stereocenters. The fraction of sp³-hybridized carbons (Fsp3) is 0.0833. The van der Waals surface area contributed by atoms with Crippen molar-refractivity contribution in [3.05, 3.63) is 86.8 Å². The molecule has 5 aromatic rings. The highest BCUT2D eigenvalue weighted by molar-refractivity contribution is 7.17. The lowest BCUT2D eigenvalue weighted by molar-refractivity contribution is -0.116. The van der Waals surface area contributed by atoms with Crippen molar-refractivity contribution in [3.8, 4) is 22.4 Å². The van der Waals surface area contributed by atoms with Crippen molar-refractivity contribution in [2.24, 2.45) is 0 Å². The van der Waals surface area contributed by atoms with Gasteiger partial charge in [0.25, 0.3) is 5.56 Å². The second kappa shape index (κ2) is 8.68. The molecule has 3 aromatic heterocycles. The van der Waals surface area contributed by atoms with Gasteiger partial charge in [-0.15, -0.1) is 22.7 Å². The van der Waals surface area contributed by atoms with Gasteiger partial charge in [0.05, 0.1) is 22.4 Å². The number of fused-ring (bicyclic) bond motifs is 1. The average Bonchev–Trinajstić information content (AvgIpc) is 3.43. The largest absolute Gasteiger partial charge is 0.325 e. The summed E-state index contributed by atoms with van der Waals surface area (Å²) < 4.78 is 14.6. The van der Waals surface area contributed by atoms with Gasteiger partial charge in [0.2, 0.25) is 5.91 Å². The normalized spacial score (nSPS) is 11.1. The predicted molar refractivity (Wildman–Crippen MR) is 130 cm³/mol. The number of carbonyl (C=O) groups is 1. The Balaban J connectivity index is 1.40. The van der Waals surface area contributed by atoms with Crippen LogP contribution in [0.1, 0.15) is 5.01 Å². The van der Waals surface area contributed by atoms with Gasteiger partial charge in [0.1, 0.15) is 17.2 Å². The minimum atomic E-state index is -0.348. The SMILES string of the molecule is Cc1nc(-c2cccc(NC(=O)Cn3cnc4scc(-c5ccc(F)cc5)c4c3=O)c2)cs1. The van der Waals surface area contributed by atoms with Crippen LogP contribution in [0.25, 0.3) is 32.6 Å². The summed E-state index contributed by atoms with van der Waals surface area (Å²) >= 11 is 2.90. The molecule has 0 aliphatic carbocycles. The van der Waals surface area contributed by atoms with Gasteiger partial charge in [-0.1, -0.05) is 24.3 Å². The molecule has 0 saturated heterocycles. The van der Waals surface area contributed by atoms with E-state index < -0.39 is 0 Å². The van der Waals surface area contributed by atoms with E-state index in [-0.39, 0.29) is 23.8 Å². The van der Waals surface area contributed by atoms with Crippen LogP contribution in [0, 0.1) is 12.7 Å². The molecule has 1 amide bonds. The summed E-state index contributed by atoms with van der Waals surface area (Å²) in [4.78, 5) is 35.2. The maximum Gasteiger partial charge on any atom is 0.263 e. The first-order valence-electron chi connectivity index (χ1n) is 10.0. The molecule has 3 heterocycles. The van der Waals surface area contributed by atoms with E-state index in [2.05, 4.69) is 15.3 Å². The minimum Gasteiger partial charge on any atom is -0.325 e. The van der Waals surface area contributed by atoms with Gasteiger partial charge >= 0.3 is 0 Å². The van der Waals surface area contributed by atoms with Crippen molar-refractivity contribution in [2.45, 2.75) is 13.5 Å². The number of thiophene rings is 1. The number of carbonyl (C=O) groups excluding carboxylic acids is 1. The highest BCUT2D eigenvalue weighted by Crippen LogP contribution is 2.30. The number of aryl methyl sites for hydroxylation is 1. The molecule has 0 spiro atoms. The summed E-state index contributed by atoms with van der Waals surface area (Å²) in [5, 5.41) is 8.02. The lowest BCUT2D eigenvalue weighted by atomic mass is 10.1. The molecule has 6 nitrogen and oxygen atoms in total. The molecule has 33 heavy (non-hydrogen) atoms. The second-order valence-electron chi connectivity index (χ2n) is 7.39. The van der Waals surface area contributed by atoms with Crippen LogP contribution >= 0.6 is 22.7 Å². The third-order valence-electron chi connectivity index (χ3n) is 5.09. The van der Waals surface area contributed by atoms with Gasteiger partial charge in [0, 0.05) is 27.6 Å². The monoisotopic (exact) mass is 476 g/mol. The zero-order valence-electron chi connectivity index (χ0n) is 17.4. The van der Waals surface area contributed by atoms with Crippen molar-refractivity contribution in [2.75, 3.05) is 5.32 Å². The van der Waals surface area contributed by atoms with E-state index in [0.717, 1.165) is 21.8 Å². The van der Waals surface area contributed by atoms with Crippen LogP contribution in [0.15, 0.2) is 70.4 Å². The summed E-state index contributed by atoms with van der Waals surface area (Å²) in [5.41, 5.74) is 3.45. The maximum absolute atomic E-state index is 13.3. The van der Waals surface area contributed by atoms with Gasteiger partial charge < -0.3 is 5.32 Å². The van der Waals surface area contributed by atoms with Crippen molar-refractivity contribution in [1.82, 2.24) is 14.5 Å². The van der Waals surface area contributed by atoms with E-state index in [0.29, 0.717) is 21.5 Å². The van der Waals surface area contributed by atoms with Crippen molar-refractivity contribution < 1.29 is 9.18 Å². The highest BCUT2D eigenvalue weighted by Gasteiger charge is 2.15. The Labute approximate surface area is 196 Å². The van der Waals surface area contributed by atoms with E-state index in [1.807, 2.05) is 35.9 Å². The number of halogens is 1. The molecule has 0 aliphatic rings. The molecule has 5 rings (SSSR count). The van der Waals surface area contributed by atoms with Gasteiger partial charge in [-0.3, -0.25) is 14.2 Å². The van der Waals surface area contributed by atoms with Gasteiger partial charge in [0.15, 0.2) is 0 Å². The summed E-state index contributed by atoms with van der Waals surface area (Å²) in [5.74, 6) is -0.692. The number of amides is 1. The van der Waals surface area contributed by atoms with E-state index in [9.17, 15) is 14.0 Å². The number of hydrogen-bond acceptors (Lipinski definition) is 6. The smallest absolute Gasteiger partial charge is 0.263 e. The Morgan fingerprint density at radius 1 is 1.09 bits per heavy atom. The Morgan fingerprint density at radius 2 is 1.91 bits per heavy atom. The Morgan fingerprint density at radius 3 is 2.67 bits per heavy atom. The third kappa shape index (κ3) is 4.33. The van der Waals surface area contributed by atoms with Crippen LogP contribution in [0.2, 0.25) is 0 Å². The molecular weight excluding hydrogens is 459 g/mol. The van der Waals surface area contributed by atoms with E-state index >= 15 is 0 Å². The molecule has 1 N–H and O–H groups in total. The van der Waals surface area contributed by atoms with Crippen molar-refractivity contribution in [1.29, 1.82) is 0 Å². The van der Waals surface area contributed by atoms with Crippen molar-refractivity contribution >= 4 is 44.5 Å². The summed E-state index contributed by atoms with van der Waals surface area (Å²) in [6, 6.07) is 13.4. The van der Waals surface area contributed by atoms with Gasteiger partial charge in [-0.25, -0.2) is 14.4 Å². The van der Waals surface area contributed by atoms with Crippen LogP contribution in [0.5, 0.6) is 0 Å². The van der Waals surface area contributed by atoms with Crippen LogP contribution in [0.3, 0.4) is 0 Å². The quantitative estimate of drug-likeness (QED) is 0.372. The standard InChI is InChI=1S/C24H17FN4O2S2/c1-14-27-20(12-32-14)16-3-2-4-18(9-16)28-21(30)10-29-13-26-23-22(24(29)31)19(11-33-23)15-5-7-17(25)8-6-15/h2-9,11-13H,10H2,1H3,(H,28,30). The van der Waals surface area contributed by atoms with E-state index in [1.54, 1.807) is 29.5 Å². The lowest BCUT2D eigenvalue weighted by Gasteiger charge is -2.09. The first-order chi connectivity index (χ1) is 16.0. The fourth-order valence-electron chi connectivity index (χ4n) is 3.53. The number of aromatic nitrogens is 3. The first kappa shape index (κ1) is 21.2. The first-order valence-corrected chi connectivity index (χ1v) is 11.8. The molecular formula is C24H17FN4O2S2. The number of nitrogens with one attached hydrogen (secondary N) is 1. The number of anilines is 1. The van der Waals surface area contributed by atoms with Crippen molar-refractivity contribution in [3.63, 3.8) is 0 Å². The molecule has 0 unspecified atom stereocenters. The second-order valence-corrected chi connectivity index (χ2v) is 9.32. The molecule has 0 aliphatic heterocycles. The summed E-state index contributed by atoms with van der Waals surface area (Å²) in [7, 11) is 0. The maximum atomic E-state index is 13.3. The molecule has 0 radical (unpaired) electrons. The van der Waals surface area contributed by atoms with E-state index in [1.165, 1.54) is 34.4 Å². The zero-order valence-corrected chi connectivity index (χ0v) is 19.0. The Hall–Kier alpha value is -3.69. The Kier molecular flexibility index (Phi) is 5.57.